The molecule has 5 rings (SSSR count). The fourth-order valence-corrected chi connectivity index (χ4v) is 3.91. The van der Waals surface area contributed by atoms with Gasteiger partial charge in [-0.15, -0.1) is 16.4 Å². The van der Waals surface area contributed by atoms with Crippen molar-refractivity contribution in [1.82, 2.24) is 20.0 Å². The number of aryl methyl sites for hydroxylation is 1. The van der Waals surface area contributed by atoms with Crippen molar-refractivity contribution in [2.24, 2.45) is 0 Å². The van der Waals surface area contributed by atoms with Crippen LogP contribution in [-0.4, -0.2) is 26.8 Å². The zero-order valence-corrected chi connectivity index (χ0v) is 16.3. The van der Waals surface area contributed by atoms with E-state index in [9.17, 15) is 0 Å². The van der Waals surface area contributed by atoms with Gasteiger partial charge in [-0.2, -0.15) is 4.68 Å². The van der Waals surface area contributed by atoms with Gasteiger partial charge in [0.05, 0.1) is 11.4 Å². The van der Waals surface area contributed by atoms with E-state index in [1.165, 1.54) is 11.3 Å². The van der Waals surface area contributed by atoms with Crippen LogP contribution >= 0.6 is 22.9 Å². The summed E-state index contributed by atoms with van der Waals surface area (Å²) < 4.78 is 12.3. The summed E-state index contributed by atoms with van der Waals surface area (Å²) >= 11 is 7.67. The van der Waals surface area contributed by atoms with Crippen molar-refractivity contribution in [2.45, 2.75) is 6.92 Å². The monoisotopic (exact) mass is 411 g/mol. The van der Waals surface area contributed by atoms with Crippen molar-refractivity contribution in [1.29, 1.82) is 0 Å². The molecule has 0 aliphatic carbocycles. The first-order valence-corrected chi connectivity index (χ1v) is 9.69. The second-order valence-corrected chi connectivity index (χ2v) is 7.54. The quantitative estimate of drug-likeness (QED) is 0.539. The van der Waals surface area contributed by atoms with Crippen LogP contribution in [0.2, 0.25) is 5.02 Å². The second kappa shape index (κ2) is 6.50. The second-order valence-electron chi connectivity index (χ2n) is 6.27. The van der Waals surface area contributed by atoms with E-state index in [1.54, 1.807) is 4.68 Å². The molecule has 28 heavy (non-hydrogen) atoms. The van der Waals surface area contributed by atoms with Gasteiger partial charge in [0.1, 0.15) is 5.01 Å². The highest BCUT2D eigenvalue weighted by Crippen LogP contribution is 2.37. The number of nitrogens with zero attached hydrogens (tertiary/aromatic N) is 4. The van der Waals surface area contributed by atoms with Crippen molar-refractivity contribution in [2.75, 3.05) is 12.5 Å². The van der Waals surface area contributed by atoms with Gasteiger partial charge in [-0.3, -0.25) is 0 Å². The SMILES string of the molecule is Cc1ccc(-n2nnc(-c3nc(-c4ccc5c(c4)OCO5)cs3)c2N)cc1Cl. The van der Waals surface area contributed by atoms with E-state index in [1.807, 2.05) is 48.7 Å². The topological polar surface area (TPSA) is 88.1 Å². The Bertz CT molecular complexity index is 1200. The van der Waals surface area contributed by atoms with Crippen LogP contribution in [0.15, 0.2) is 41.8 Å². The lowest BCUT2D eigenvalue weighted by atomic mass is 10.1. The minimum atomic E-state index is 0.240. The third-order valence-corrected chi connectivity index (χ3v) is 5.74. The molecule has 0 radical (unpaired) electrons. The predicted octanol–water partition coefficient (Wildman–Crippen LogP) is 4.33. The molecule has 2 N–H and O–H groups in total. The van der Waals surface area contributed by atoms with Crippen LogP contribution in [-0.2, 0) is 0 Å². The summed E-state index contributed by atoms with van der Waals surface area (Å²) in [7, 11) is 0. The number of thiazole rings is 1. The van der Waals surface area contributed by atoms with Gasteiger partial charge in [0.15, 0.2) is 23.0 Å². The summed E-state index contributed by atoms with van der Waals surface area (Å²) in [6.45, 7) is 2.18. The highest BCUT2D eigenvalue weighted by Gasteiger charge is 2.19. The Morgan fingerprint density at radius 1 is 1.14 bits per heavy atom. The molecule has 4 aromatic rings. The van der Waals surface area contributed by atoms with Crippen LogP contribution in [0.5, 0.6) is 11.5 Å². The third-order valence-electron chi connectivity index (χ3n) is 4.48. The van der Waals surface area contributed by atoms with E-state index >= 15 is 0 Å². The highest BCUT2D eigenvalue weighted by molar-refractivity contribution is 7.13. The molecule has 1 aliphatic rings. The number of rotatable bonds is 3. The van der Waals surface area contributed by atoms with Crippen molar-refractivity contribution < 1.29 is 9.47 Å². The molecule has 0 spiro atoms. The molecule has 0 bridgehead atoms. The number of nitrogens with two attached hydrogens (primary N) is 1. The zero-order chi connectivity index (χ0) is 19.3. The van der Waals surface area contributed by atoms with Gasteiger partial charge in [0, 0.05) is 16.0 Å². The van der Waals surface area contributed by atoms with Crippen LogP contribution in [0, 0.1) is 6.92 Å². The number of ether oxygens (including phenoxy) is 2. The van der Waals surface area contributed by atoms with Crippen LogP contribution < -0.4 is 15.2 Å². The molecule has 2 aromatic heterocycles. The van der Waals surface area contributed by atoms with E-state index in [-0.39, 0.29) is 6.79 Å². The van der Waals surface area contributed by atoms with Gasteiger partial charge in [-0.05, 0) is 42.8 Å². The summed E-state index contributed by atoms with van der Waals surface area (Å²) in [5, 5.41) is 11.7. The normalized spacial score (nSPS) is 12.5. The number of nitrogen functional groups attached to an aromatic ring is 1. The maximum absolute atomic E-state index is 6.30. The van der Waals surface area contributed by atoms with Crippen LogP contribution in [0.1, 0.15) is 5.56 Å². The Morgan fingerprint density at radius 2 is 2.00 bits per heavy atom. The Kier molecular flexibility index (Phi) is 3.96. The van der Waals surface area contributed by atoms with Gasteiger partial charge in [0.25, 0.3) is 0 Å². The van der Waals surface area contributed by atoms with Crippen molar-refractivity contribution in [3.05, 3.63) is 52.4 Å². The zero-order valence-electron chi connectivity index (χ0n) is 14.7. The minimum Gasteiger partial charge on any atom is -0.454 e. The lowest BCUT2D eigenvalue weighted by Gasteiger charge is -2.05. The molecular formula is C19H14ClN5O2S. The first kappa shape index (κ1) is 17.0. The van der Waals surface area contributed by atoms with Crippen molar-refractivity contribution >= 4 is 28.8 Å². The average Bonchev–Trinajstić information content (AvgIpc) is 3.42. The van der Waals surface area contributed by atoms with Gasteiger partial charge in [-0.25, -0.2) is 4.98 Å². The fraction of sp³-hybridized carbons (Fsp3) is 0.105. The standard InChI is InChI=1S/C19H14ClN5O2S/c1-10-2-4-12(7-13(10)20)25-18(21)17(23-24-25)19-22-14(8-28-19)11-3-5-15-16(6-11)27-9-26-15/h2-8H,9,21H2,1H3. The van der Waals surface area contributed by atoms with E-state index in [0.29, 0.717) is 27.3 Å². The summed E-state index contributed by atoms with van der Waals surface area (Å²) in [5.41, 5.74) is 10.3. The Hall–Kier alpha value is -3.10. The highest BCUT2D eigenvalue weighted by atomic mass is 35.5. The number of aromatic nitrogens is 4. The molecule has 7 nitrogen and oxygen atoms in total. The molecule has 2 aromatic carbocycles. The molecule has 0 atom stereocenters. The van der Waals surface area contributed by atoms with Gasteiger partial charge >= 0.3 is 0 Å². The maximum atomic E-state index is 6.30. The summed E-state index contributed by atoms with van der Waals surface area (Å²) in [6, 6.07) is 11.4. The average molecular weight is 412 g/mol. The van der Waals surface area contributed by atoms with Crippen LogP contribution in [0.25, 0.3) is 27.6 Å². The van der Waals surface area contributed by atoms with E-state index in [4.69, 9.17) is 26.8 Å². The summed E-state index contributed by atoms with van der Waals surface area (Å²) in [4.78, 5) is 4.68. The van der Waals surface area contributed by atoms with Crippen molar-refractivity contribution in [3.63, 3.8) is 0 Å². The number of hydrogen-bond donors (Lipinski definition) is 1. The third kappa shape index (κ3) is 2.78. The van der Waals surface area contributed by atoms with E-state index in [2.05, 4.69) is 15.3 Å². The summed E-state index contributed by atoms with van der Waals surface area (Å²) in [5.74, 6) is 1.86. The molecule has 3 heterocycles. The largest absolute Gasteiger partial charge is 0.454 e. The van der Waals surface area contributed by atoms with Gasteiger partial charge in [0.2, 0.25) is 6.79 Å². The first-order chi connectivity index (χ1) is 13.6. The van der Waals surface area contributed by atoms with E-state index < -0.39 is 0 Å². The van der Waals surface area contributed by atoms with Crippen LogP contribution in [0.4, 0.5) is 5.82 Å². The fourth-order valence-electron chi connectivity index (χ4n) is 2.92. The first-order valence-electron chi connectivity index (χ1n) is 8.44. The summed E-state index contributed by atoms with van der Waals surface area (Å²) in [6.07, 6.45) is 0. The molecule has 1 aliphatic heterocycles. The molecule has 140 valence electrons. The lowest BCUT2D eigenvalue weighted by molar-refractivity contribution is 0.174. The number of anilines is 1. The van der Waals surface area contributed by atoms with Crippen LogP contribution in [0.3, 0.4) is 0 Å². The maximum Gasteiger partial charge on any atom is 0.231 e. The number of halogens is 1. The lowest BCUT2D eigenvalue weighted by Crippen LogP contribution is -2.02. The molecule has 0 saturated heterocycles. The molecule has 9 heteroatoms. The number of benzene rings is 2. The molecule has 0 saturated carbocycles. The van der Waals surface area contributed by atoms with Gasteiger partial charge < -0.3 is 15.2 Å². The Labute approximate surface area is 169 Å². The number of fused-ring (bicyclic) bond motifs is 1. The molecule has 0 amide bonds. The molecule has 0 unspecified atom stereocenters. The Balaban J connectivity index is 1.49. The predicted molar refractivity (Wildman–Crippen MR) is 108 cm³/mol. The number of hydrogen-bond acceptors (Lipinski definition) is 7. The smallest absolute Gasteiger partial charge is 0.231 e. The molecule has 0 fully saturated rings. The van der Waals surface area contributed by atoms with Crippen molar-refractivity contribution in [3.8, 4) is 39.1 Å². The van der Waals surface area contributed by atoms with E-state index in [0.717, 1.165) is 28.3 Å². The minimum absolute atomic E-state index is 0.240. The van der Waals surface area contributed by atoms with Gasteiger partial charge in [-0.1, -0.05) is 22.9 Å². The Morgan fingerprint density at radius 3 is 2.86 bits per heavy atom. The molecular weight excluding hydrogens is 398 g/mol.